The third-order valence-electron chi connectivity index (χ3n) is 14.8. The van der Waals surface area contributed by atoms with E-state index in [1.807, 2.05) is 61.2 Å². The number of fused-ring (bicyclic) bond motifs is 1. The second-order valence-corrected chi connectivity index (χ2v) is 17.7. The monoisotopic (exact) mass is 692 g/mol. The predicted octanol–water partition coefficient (Wildman–Crippen LogP) is 7.73. The van der Waals surface area contributed by atoms with Crippen molar-refractivity contribution in [3.8, 4) is 11.1 Å². The number of ether oxygens (including phenoxy) is 1. The van der Waals surface area contributed by atoms with Crippen molar-refractivity contribution >= 4 is 11.8 Å². The summed E-state index contributed by atoms with van der Waals surface area (Å²) < 4.78 is 5.99. The lowest BCUT2D eigenvalue weighted by Crippen LogP contribution is -2.67. The van der Waals surface area contributed by atoms with E-state index < -0.39 is 22.5 Å². The van der Waals surface area contributed by atoms with E-state index in [0.717, 1.165) is 61.6 Å². The topological polar surface area (TPSA) is 99.1 Å². The largest absolute Gasteiger partial charge is 0.393 e. The number of hydrogen-bond acceptors (Lipinski definition) is 5. The summed E-state index contributed by atoms with van der Waals surface area (Å²) >= 11 is 0. The molecule has 9 rings (SSSR count). The highest BCUT2D eigenvalue weighted by molar-refractivity contribution is 6.10. The first-order chi connectivity index (χ1) is 24.3. The van der Waals surface area contributed by atoms with E-state index in [-0.39, 0.29) is 53.2 Å². The van der Waals surface area contributed by atoms with Gasteiger partial charge in [0.25, 0.3) is 0 Å². The zero-order valence-electron chi connectivity index (χ0n) is 30.9. The molecular weight excluding hydrogens is 636 g/mol. The van der Waals surface area contributed by atoms with E-state index in [2.05, 4.69) is 49.5 Å². The Morgan fingerprint density at radius 2 is 1.59 bits per heavy atom. The van der Waals surface area contributed by atoms with Crippen molar-refractivity contribution in [1.82, 2.24) is 10.2 Å². The van der Waals surface area contributed by atoms with Crippen LogP contribution in [-0.4, -0.2) is 70.5 Å². The van der Waals surface area contributed by atoms with E-state index in [1.165, 1.54) is 0 Å². The molecule has 0 aromatic heterocycles. The van der Waals surface area contributed by atoms with Crippen LogP contribution in [0.1, 0.15) is 95.8 Å². The standard InChI is InChI=1S/C44H56N2O5/c1-29(2)45-39(49)46(27-34-11-8-24-51-34)28-43(50)21-18-37-41(43,4)20-17-36-40(3)19-16-33(47)25-42(40)22-23-44(36,37)35(26-42)38(48)32-14-12-31(13-15-32)30-9-6-5-7-10-30/h5-7,9-10,12-15,22-23,26,29,33-34,36-37,47,50H,8,11,16-21,24-25,27-28H2,1-4H3,(H,45,49). The normalized spacial score (nSPS) is 39.2. The molecule has 2 bridgehead atoms. The van der Waals surface area contributed by atoms with Crippen LogP contribution < -0.4 is 5.32 Å². The van der Waals surface area contributed by atoms with Gasteiger partial charge in [0.1, 0.15) is 0 Å². The van der Waals surface area contributed by atoms with Crippen LogP contribution in [-0.2, 0) is 4.74 Å². The number of Topliss-reactive ketones (excluding diaryl/α,β-unsaturated/α-hetero) is 1. The van der Waals surface area contributed by atoms with Gasteiger partial charge in [0.2, 0.25) is 0 Å². The van der Waals surface area contributed by atoms with Gasteiger partial charge in [0, 0.05) is 46.6 Å². The Morgan fingerprint density at radius 3 is 2.29 bits per heavy atom. The number of allylic oxidation sites excluding steroid dienone is 4. The third-order valence-corrected chi connectivity index (χ3v) is 14.8. The Bertz CT molecular complexity index is 1730. The molecule has 7 aliphatic rings. The number of nitrogens with zero attached hydrogens (tertiary/aromatic N) is 1. The van der Waals surface area contributed by atoms with Gasteiger partial charge in [-0.05, 0) is 100 Å². The number of ketones is 1. The van der Waals surface area contributed by atoms with Gasteiger partial charge in [-0.15, -0.1) is 0 Å². The van der Waals surface area contributed by atoms with Crippen molar-refractivity contribution in [2.24, 2.45) is 33.5 Å². The molecule has 1 heterocycles. The van der Waals surface area contributed by atoms with Gasteiger partial charge < -0.3 is 25.2 Å². The van der Waals surface area contributed by atoms with Crippen LogP contribution >= 0.6 is 0 Å². The Balaban J connectivity index is 1.18. The molecular formula is C44H56N2O5. The SMILES string of the molecule is CC(C)NC(=O)N(CC1CCCO1)CC1(O)CCC2C34C=CC5(C=C3C(=O)c3ccc(-c6ccccc6)cc3)CC(O)CCC5(C)C4CCC21C. The first kappa shape index (κ1) is 34.8. The lowest BCUT2D eigenvalue weighted by atomic mass is 9.32. The first-order valence-electron chi connectivity index (χ1n) is 19.6. The summed E-state index contributed by atoms with van der Waals surface area (Å²) in [5, 5.41) is 27.1. The molecule has 1 aliphatic heterocycles. The lowest BCUT2D eigenvalue weighted by Gasteiger charge is -2.71. The van der Waals surface area contributed by atoms with Crippen molar-refractivity contribution in [3.63, 3.8) is 0 Å². The minimum absolute atomic E-state index is 0.0171. The van der Waals surface area contributed by atoms with Gasteiger partial charge in [-0.1, -0.05) is 86.7 Å². The summed E-state index contributed by atoms with van der Waals surface area (Å²) in [6.07, 6.45) is 13.8. The number of carbonyl (C=O) groups is 2. The molecule has 2 aromatic carbocycles. The molecule has 9 atom stereocenters. The minimum atomic E-state index is -1.13. The van der Waals surface area contributed by atoms with Crippen LogP contribution in [0.3, 0.4) is 0 Å². The van der Waals surface area contributed by atoms with Crippen molar-refractivity contribution < 1.29 is 24.5 Å². The second-order valence-electron chi connectivity index (χ2n) is 17.7. The van der Waals surface area contributed by atoms with Gasteiger partial charge in [0.15, 0.2) is 5.78 Å². The Kier molecular flexibility index (Phi) is 8.47. The fraction of sp³-hybridized carbons (Fsp3) is 0.591. The molecule has 3 N–H and O–H groups in total. The summed E-state index contributed by atoms with van der Waals surface area (Å²) in [5.41, 5.74) is 1.02. The third kappa shape index (κ3) is 5.23. The summed E-state index contributed by atoms with van der Waals surface area (Å²) in [7, 11) is 0. The summed E-state index contributed by atoms with van der Waals surface area (Å²) in [4.78, 5) is 30.6. The van der Waals surface area contributed by atoms with Crippen molar-refractivity contribution in [1.29, 1.82) is 0 Å². The maximum Gasteiger partial charge on any atom is 0.317 e. The van der Waals surface area contributed by atoms with Crippen LogP contribution in [0.5, 0.6) is 0 Å². The molecule has 0 radical (unpaired) electrons. The molecule has 51 heavy (non-hydrogen) atoms. The zero-order chi connectivity index (χ0) is 35.8. The van der Waals surface area contributed by atoms with Gasteiger partial charge in [-0.3, -0.25) is 4.79 Å². The van der Waals surface area contributed by atoms with Crippen LogP contribution in [0, 0.1) is 33.5 Å². The minimum Gasteiger partial charge on any atom is -0.393 e. The fourth-order valence-corrected chi connectivity index (χ4v) is 12.1. The van der Waals surface area contributed by atoms with Crippen molar-refractivity contribution in [2.45, 2.75) is 109 Å². The molecule has 6 aliphatic carbocycles. The molecule has 9 unspecified atom stereocenters. The molecule has 2 aromatic rings. The number of aliphatic hydroxyl groups excluding tert-OH is 1. The molecule has 1 saturated heterocycles. The second kappa shape index (κ2) is 12.4. The average molecular weight is 693 g/mol. The quantitative estimate of drug-likeness (QED) is 0.194. The van der Waals surface area contributed by atoms with Gasteiger partial charge in [-0.25, -0.2) is 4.79 Å². The zero-order valence-corrected chi connectivity index (χ0v) is 30.9. The van der Waals surface area contributed by atoms with Gasteiger partial charge in [-0.2, -0.15) is 0 Å². The highest BCUT2D eigenvalue weighted by Crippen LogP contribution is 2.78. The fourth-order valence-electron chi connectivity index (χ4n) is 12.1. The summed E-state index contributed by atoms with van der Waals surface area (Å²) in [5.74, 6) is 0.285. The first-order valence-corrected chi connectivity index (χ1v) is 19.6. The highest BCUT2D eigenvalue weighted by atomic mass is 16.5. The van der Waals surface area contributed by atoms with E-state index in [1.54, 1.807) is 0 Å². The Hall–Kier alpha value is -3.26. The highest BCUT2D eigenvalue weighted by Gasteiger charge is 2.74. The van der Waals surface area contributed by atoms with Crippen LogP contribution in [0.2, 0.25) is 0 Å². The number of aliphatic hydroxyl groups is 2. The maximum atomic E-state index is 15.1. The van der Waals surface area contributed by atoms with Crippen LogP contribution in [0.25, 0.3) is 11.1 Å². The number of urea groups is 1. The smallest absolute Gasteiger partial charge is 0.317 e. The number of amides is 2. The van der Waals surface area contributed by atoms with Crippen LogP contribution in [0.4, 0.5) is 4.79 Å². The Morgan fingerprint density at radius 1 is 0.902 bits per heavy atom. The number of hydrogen-bond donors (Lipinski definition) is 3. The predicted molar refractivity (Wildman–Crippen MR) is 199 cm³/mol. The molecule has 2 amide bonds. The van der Waals surface area contributed by atoms with Crippen LogP contribution in [0.15, 0.2) is 78.4 Å². The number of benzene rings is 2. The van der Waals surface area contributed by atoms with Gasteiger partial charge >= 0.3 is 6.03 Å². The van der Waals surface area contributed by atoms with E-state index in [9.17, 15) is 15.0 Å². The number of rotatable bonds is 8. The molecule has 2 spiro atoms. The van der Waals surface area contributed by atoms with E-state index >= 15 is 4.79 Å². The summed E-state index contributed by atoms with van der Waals surface area (Å²) in [6.45, 7) is 10.00. The summed E-state index contributed by atoms with van der Waals surface area (Å²) in [6, 6.07) is 18.1. The Labute approximate surface area is 303 Å². The van der Waals surface area contributed by atoms with Gasteiger partial charge in [0.05, 0.1) is 24.4 Å². The van der Waals surface area contributed by atoms with Crippen molar-refractivity contribution in [2.75, 3.05) is 19.7 Å². The molecule has 7 heteroatoms. The molecule has 3 saturated carbocycles. The number of carbonyl (C=O) groups excluding carboxylic acids is 2. The van der Waals surface area contributed by atoms with E-state index in [0.29, 0.717) is 31.6 Å². The lowest BCUT2D eigenvalue weighted by molar-refractivity contribution is -0.175. The molecule has 4 fully saturated rings. The molecule has 272 valence electrons. The van der Waals surface area contributed by atoms with E-state index in [4.69, 9.17) is 4.74 Å². The average Bonchev–Trinajstić information content (AvgIpc) is 3.73. The number of nitrogens with one attached hydrogen (secondary N) is 1. The molecule has 7 nitrogen and oxygen atoms in total. The van der Waals surface area contributed by atoms with Crippen molar-refractivity contribution in [3.05, 3.63) is 84.0 Å². The maximum absolute atomic E-state index is 15.1.